The Morgan fingerprint density at radius 2 is 1.91 bits per heavy atom. The lowest BCUT2D eigenvalue weighted by molar-refractivity contribution is -0.286. The third-order valence-electron chi connectivity index (χ3n) is 3.20. The van der Waals surface area contributed by atoms with E-state index < -0.39 is 6.29 Å². The van der Waals surface area contributed by atoms with Crippen molar-refractivity contribution >= 4 is 11.6 Å². The highest BCUT2D eigenvalue weighted by atomic mass is 19.3. The summed E-state index contributed by atoms with van der Waals surface area (Å²) in [6, 6.07) is 9.99. The van der Waals surface area contributed by atoms with E-state index in [1.54, 1.807) is 24.3 Å². The summed E-state index contributed by atoms with van der Waals surface area (Å²) in [7, 11) is 0. The molecule has 0 spiro atoms. The minimum absolute atomic E-state index is 0.0298. The summed E-state index contributed by atoms with van der Waals surface area (Å²) in [5.41, 5.74) is 2.47. The number of rotatable bonds is 2. The number of fused-ring (bicyclic) bond motifs is 1. The average Bonchev–Trinajstić information content (AvgIpc) is 2.74. The number of alkyl halides is 2. The van der Waals surface area contributed by atoms with Crippen LogP contribution in [0.5, 0.6) is 11.5 Å². The molecule has 0 aliphatic carbocycles. The molecule has 1 N–H and O–H groups in total. The van der Waals surface area contributed by atoms with Gasteiger partial charge < -0.3 is 14.8 Å². The first-order valence-electron chi connectivity index (χ1n) is 6.63. The zero-order valence-corrected chi connectivity index (χ0v) is 11.9. The summed E-state index contributed by atoms with van der Waals surface area (Å²) < 4.78 is 35.7. The van der Waals surface area contributed by atoms with Gasteiger partial charge in [0, 0.05) is 23.7 Å². The molecule has 0 radical (unpaired) electrons. The SMILES string of the molecule is CC(=O)Nc1ccc(C)cc1-c1cccc2c1OC(F)(F)O2. The number of para-hydroxylation sites is 1. The van der Waals surface area contributed by atoms with Crippen LogP contribution in [0.15, 0.2) is 36.4 Å². The first-order valence-corrected chi connectivity index (χ1v) is 6.63. The zero-order chi connectivity index (χ0) is 15.9. The van der Waals surface area contributed by atoms with Crippen LogP contribution < -0.4 is 14.8 Å². The monoisotopic (exact) mass is 305 g/mol. The Morgan fingerprint density at radius 3 is 2.64 bits per heavy atom. The first-order chi connectivity index (χ1) is 10.4. The van der Waals surface area contributed by atoms with Crippen LogP contribution in [-0.2, 0) is 4.79 Å². The van der Waals surface area contributed by atoms with Gasteiger partial charge in [-0.1, -0.05) is 23.8 Å². The highest BCUT2D eigenvalue weighted by Crippen LogP contribution is 2.48. The van der Waals surface area contributed by atoms with Crippen LogP contribution in [0.1, 0.15) is 12.5 Å². The number of amides is 1. The molecule has 2 aromatic rings. The normalized spacial score (nSPS) is 14.7. The van der Waals surface area contributed by atoms with Crippen LogP contribution in [0.4, 0.5) is 14.5 Å². The highest BCUT2D eigenvalue weighted by molar-refractivity contribution is 5.95. The number of carbonyl (C=O) groups excluding carboxylic acids is 1. The molecule has 22 heavy (non-hydrogen) atoms. The molecule has 0 fully saturated rings. The van der Waals surface area contributed by atoms with E-state index in [4.69, 9.17) is 0 Å². The van der Waals surface area contributed by atoms with Crippen LogP contribution in [0.25, 0.3) is 11.1 Å². The van der Waals surface area contributed by atoms with Crippen molar-refractivity contribution in [3.05, 3.63) is 42.0 Å². The molecule has 3 rings (SSSR count). The van der Waals surface area contributed by atoms with Crippen molar-refractivity contribution in [3.8, 4) is 22.6 Å². The fraction of sp³-hybridized carbons (Fsp3) is 0.188. The van der Waals surface area contributed by atoms with Gasteiger partial charge in [-0.25, -0.2) is 0 Å². The van der Waals surface area contributed by atoms with Gasteiger partial charge in [0.2, 0.25) is 5.91 Å². The Morgan fingerprint density at radius 1 is 1.14 bits per heavy atom. The molecule has 1 amide bonds. The number of aryl methyl sites for hydroxylation is 1. The molecule has 2 aromatic carbocycles. The smallest absolute Gasteiger partial charge is 0.395 e. The standard InChI is InChI=1S/C16H13F2NO3/c1-9-6-7-13(19-10(2)20)12(8-9)11-4-3-5-14-15(11)22-16(17,18)21-14/h3-8H,1-2H3,(H,19,20). The molecule has 1 heterocycles. The second-order valence-electron chi connectivity index (χ2n) is 5.03. The van der Waals surface area contributed by atoms with Gasteiger partial charge in [0.05, 0.1) is 0 Å². The summed E-state index contributed by atoms with van der Waals surface area (Å²) in [5, 5.41) is 2.69. The van der Waals surface area contributed by atoms with E-state index in [1.807, 2.05) is 13.0 Å². The fourth-order valence-electron chi connectivity index (χ4n) is 2.36. The minimum atomic E-state index is -3.68. The Labute approximate surface area is 125 Å². The third kappa shape index (κ3) is 2.59. The quantitative estimate of drug-likeness (QED) is 0.914. The predicted octanol–water partition coefficient (Wildman–Crippen LogP) is 3.94. The molecular weight excluding hydrogens is 292 g/mol. The summed E-state index contributed by atoms with van der Waals surface area (Å²) in [6.07, 6.45) is -3.68. The maximum absolute atomic E-state index is 13.3. The minimum Gasteiger partial charge on any atom is -0.395 e. The molecule has 1 aliphatic heterocycles. The average molecular weight is 305 g/mol. The Kier molecular flexibility index (Phi) is 3.24. The Balaban J connectivity index is 2.16. The van der Waals surface area contributed by atoms with E-state index in [9.17, 15) is 13.6 Å². The molecule has 0 saturated heterocycles. The van der Waals surface area contributed by atoms with Crippen LogP contribution in [0, 0.1) is 6.92 Å². The van der Waals surface area contributed by atoms with Crippen molar-refractivity contribution in [2.45, 2.75) is 20.1 Å². The maximum atomic E-state index is 13.3. The number of halogens is 2. The molecule has 1 aliphatic rings. The van der Waals surface area contributed by atoms with Crippen molar-refractivity contribution in [2.75, 3.05) is 5.32 Å². The maximum Gasteiger partial charge on any atom is 0.586 e. The van der Waals surface area contributed by atoms with Gasteiger partial charge in [-0.05, 0) is 25.1 Å². The summed E-state index contributed by atoms with van der Waals surface area (Å²) in [4.78, 5) is 11.3. The Hall–Kier alpha value is -2.63. The lowest BCUT2D eigenvalue weighted by Crippen LogP contribution is -2.26. The molecular formula is C16H13F2NO3. The van der Waals surface area contributed by atoms with Gasteiger partial charge in [0.1, 0.15) is 0 Å². The van der Waals surface area contributed by atoms with Crippen LogP contribution in [0.2, 0.25) is 0 Å². The van der Waals surface area contributed by atoms with E-state index in [0.29, 0.717) is 16.8 Å². The first kappa shape index (κ1) is 14.3. The van der Waals surface area contributed by atoms with Gasteiger partial charge in [-0.15, -0.1) is 8.78 Å². The van der Waals surface area contributed by atoms with Crippen LogP contribution in [-0.4, -0.2) is 12.2 Å². The molecule has 0 unspecified atom stereocenters. The van der Waals surface area contributed by atoms with Gasteiger partial charge >= 0.3 is 6.29 Å². The van der Waals surface area contributed by atoms with Crippen molar-refractivity contribution < 1.29 is 23.0 Å². The molecule has 0 atom stereocenters. The van der Waals surface area contributed by atoms with E-state index in [-0.39, 0.29) is 17.4 Å². The number of carbonyl (C=O) groups is 1. The van der Waals surface area contributed by atoms with Crippen molar-refractivity contribution in [3.63, 3.8) is 0 Å². The van der Waals surface area contributed by atoms with Crippen molar-refractivity contribution in [1.82, 2.24) is 0 Å². The molecule has 6 heteroatoms. The van der Waals surface area contributed by atoms with Gasteiger partial charge in [0.15, 0.2) is 11.5 Å². The molecule has 114 valence electrons. The van der Waals surface area contributed by atoms with Crippen LogP contribution >= 0.6 is 0 Å². The molecule has 0 saturated carbocycles. The van der Waals surface area contributed by atoms with E-state index in [1.165, 1.54) is 13.0 Å². The van der Waals surface area contributed by atoms with Crippen molar-refractivity contribution in [2.24, 2.45) is 0 Å². The topological polar surface area (TPSA) is 47.6 Å². The van der Waals surface area contributed by atoms with Crippen molar-refractivity contribution in [1.29, 1.82) is 0 Å². The number of hydrogen-bond acceptors (Lipinski definition) is 3. The van der Waals surface area contributed by atoms with Gasteiger partial charge in [-0.3, -0.25) is 4.79 Å². The number of nitrogens with one attached hydrogen (secondary N) is 1. The second-order valence-corrected chi connectivity index (χ2v) is 5.03. The number of anilines is 1. The number of hydrogen-bond donors (Lipinski definition) is 1. The fourth-order valence-corrected chi connectivity index (χ4v) is 2.36. The largest absolute Gasteiger partial charge is 0.586 e. The second kappa shape index (κ2) is 4.98. The molecule has 4 nitrogen and oxygen atoms in total. The summed E-state index contributed by atoms with van der Waals surface area (Å²) in [5.74, 6) is -0.317. The summed E-state index contributed by atoms with van der Waals surface area (Å²) in [6.45, 7) is 3.25. The van der Waals surface area contributed by atoms with E-state index in [2.05, 4.69) is 14.8 Å². The molecule has 0 bridgehead atoms. The molecule has 0 aromatic heterocycles. The van der Waals surface area contributed by atoms with Gasteiger partial charge in [0.25, 0.3) is 0 Å². The van der Waals surface area contributed by atoms with E-state index >= 15 is 0 Å². The lowest BCUT2D eigenvalue weighted by Gasteiger charge is -2.13. The summed E-state index contributed by atoms with van der Waals surface area (Å²) >= 11 is 0. The number of ether oxygens (including phenoxy) is 2. The highest BCUT2D eigenvalue weighted by Gasteiger charge is 2.44. The zero-order valence-electron chi connectivity index (χ0n) is 11.9. The van der Waals surface area contributed by atoms with E-state index in [0.717, 1.165) is 5.56 Å². The third-order valence-corrected chi connectivity index (χ3v) is 3.20. The predicted molar refractivity (Wildman–Crippen MR) is 77.1 cm³/mol. The van der Waals surface area contributed by atoms with Gasteiger partial charge in [-0.2, -0.15) is 0 Å². The number of benzene rings is 2. The van der Waals surface area contributed by atoms with Crippen LogP contribution in [0.3, 0.4) is 0 Å². The Bertz CT molecular complexity index is 759. The lowest BCUT2D eigenvalue weighted by atomic mass is 10.00.